The summed E-state index contributed by atoms with van der Waals surface area (Å²) in [5.74, 6) is -2.53. The van der Waals surface area contributed by atoms with E-state index in [0.717, 1.165) is 0 Å². The molecule has 1 unspecified atom stereocenters. The number of aliphatic carboxylic acids is 1. The van der Waals surface area contributed by atoms with E-state index in [1.807, 2.05) is 0 Å². The van der Waals surface area contributed by atoms with Crippen LogP contribution >= 0.6 is 0 Å². The molecule has 0 fully saturated rings. The Balaban J connectivity index is 1.48. The van der Waals surface area contributed by atoms with Crippen LogP contribution in [0, 0.1) is 0 Å². The van der Waals surface area contributed by atoms with Crippen molar-refractivity contribution in [2.45, 2.75) is 16.6 Å². The molecular formula is C29H24N4O7S. The van der Waals surface area contributed by atoms with E-state index in [4.69, 9.17) is 0 Å². The minimum Gasteiger partial charge on any atom is -0.481 e. The van der Waals surface area contributed by atoms with Crippen molar-refractivity contribution in [2.75, 3.05) is 10.6 Å². The van der Waals surface area contributed by atoms with Crippen molar-refractivity contribution < 1.29 is 32.7 Å². The average molecular weight is 573 g/mol. The molecule has 0 bridgehead atoms. The molecule has 0 spiro atoms. The van der Waals surface area contributed by atoms with Gasteiger partial charge in [0.1, 0.15) is 5.25 Å². The zero-order valence-corrected chi connectivity index (χ0v) is 22.2. The molecule has 12 heteroatoms. The molecule has 4 amide bonds. The van der Waals surface area contributed by atoms with Gasteiger partial charge in [0.15, 0.2) is 9.84 Å². The van der Waals surface area contributed by atoms with E-state index in [-0.39, 0.29) is 21.7 Å². The molecule has 41 heavy (non-hydrogen) atoms. The number of anilines is 2. The number of para-hydroxylation sites is 1. The summed E-state index contributed by atoms with van der Waals surface area (Å²) in [5, 5.41) is 15.2. The van der Waals surface area contributed by atoms with Crippen molar-refractivity contribution in [3.05, 3.63) is 120 Å². The number of carbonyl (C=O) groups excluding carboxylic acids is 3. The van der Waals surface area contributed by atoms with Gasteiger partial charge in [-0.2, -0.15) is 0 Å². The molecule has 4 aromatic rings. The second kappa shape index (κ2) is 12.7. The summed E-state index contributed by atoms with van der Waals surface area (Å²) < 4.78 is 27.2. The maximum Gasteiger partial charge on any atom is 0.326 e. The molecule has 11 nitrogen and oxygen atoms in total. The lowest BCUT2D eigenvalue weighted by Gasteiger charge is -2.19. The maximum atomic E-state index is 13.6. The van der Waals surface area contributed by atoms with Crippen molar-refractivity contribution >= 4 is 45.0 Å². The van der Waals surface area contributed by atoms with Crippen molar-refractivity contribution in [2.24, 2.45) is 0 Å². The van der Waals surface area contributed by atoms with Crippen LogP contribution in [-0.2, 0) is 14.6 Å². The smallest absolute Gasteiger partial charge is 0.326 e. The van der Waals surface area contributed by atoms with E-state index >= 15 is 0 Å². The Morgan fingerprint density at radius 3 is 2.07 bits per heavy atom. The van der Waals surface area contributed by atoms with Gasteiger partial charge in [-0.3, -0.25) is 24.7 Å². The minimum absolute atomic E-state index is 0.0298. The molecule has 0 saturated carbocycles. The maximum absolute atomic E-state index is 13.6. The number of nitrogens with zero attached hydrogens (tertiary/aromatic N) is 1. The fourth-order valence-corrected chi connectivity index (χ4v) is 5.79. The van der Waals surface area contributed by atoms with E-state index in [1.165, 1.54) is 73.1 Å². The molecule has 0 aliphatic heterocycles. The number of hydrogen-bond donors (Lipinski definition) is 4. The van der Waals surface area contributed by atoms with Crippen molar-refractivity contribution in [3.63, 3.8) is 0 Å². The van der Waals surface area contributed by atoms with E-state index in [2.05, 4.69) is 20.9 Å². The Morgan fingerprint density at radius 1 is 0.756 bits per heavy atom. The zero-order valence-electron chi connectivity index (χ0n) is 21.4. The van der Waals surface area contributed by atoms with Gasteiger partial charge in [0, 0.05) is 29.2 Å². The number of urea groups is 1. The largest absolute Gasteiger partial charge is 0.481 e. The number of imide groups is 1. The number of nitrogens with one attached hydrogen (secondary N) is 3. The highest BCUT2D eigenvalue weighted by Gasteiger charge is 2.33. The number of carbonyl (C=O) groups is 4. The summed E-state index contributed by atoms with van der Waals surface area (Å²) in [5.41, 5.74) is 0.937. The lowest BCUT2D eigenvalue weighted by Crippen LogP contribution is -2.34. The van der Waals surface area contributed by atoms with E-state index in [0.29, 0.717) is 11.3 Å². The third-order valence-electron chi connectivity index (χ3n) is 5.90. The normalized spacial score (nSPS) is 11.6. The molecule has 4 N–H and O–H groups in total. The lowest BCUT2D eigenvalue weighted by atomic mass is 10.1. The van der Waals surface area contributed by atoms with Crippen LogP contribution < -0.4 is 16.0 Å². The van der Waals surface area contributed by atoms with Gasteiger partial charge in [-0.15, -0.1) is 0 Å². The first-order valence-electron chi connectivity index (χ1n) is 12.2. The molecule has 1 heterocycles. The molecule has 0 saturated heterocycles. The van der Waals surface area contributed by atoms with E-state index in [1.54, 1.807) is 30.3 Å². The summed E-state index contributed by atoms with van der Waals surface area (Å²) in [6.45, 7) is 0. The van der Waals surface area contributed by atoms with Crippen LogP contribution in [0.25, 0.3) is 0 Å². The van der Waals surface area contributed by atoms with E-state index in [9.17, 15) is 32.7 Å². The minimum atomic E-state index is -4.28. The summed E-state index contributed by atoms with van der Waals surface area (Å²) in [7, 11) is -4.28. The lowest BCUT2D eigenvalue weighted by molar-refractivity contribution is -0.137. The van der Waals surface area contributed by atoms with Crippen LogP contribution in [0.15, 0.2) is 108 Å². The van der Waals surface area contributed by atoms with Crippen LogP contribution in [0.3, 0.4) is 0 Å². The molecule has 1 atom stereocenters. The SMILES string of the molecule is O=C(O)CC(c1cccnc1)S(=O)(=O)c1ccccc1NC(=O)c1ccc(NC(=O)NC(=O)c2ccccc2)cc1. The monoisotopic (exact) mass is 572 g/mol. The Kier molecular flexibility index (Phi) is 8.85. The fourth-order valence-electron chi connectivity index (χ4n) is 3.93. The van der Waals surface area contributed by atoms with Crippen molar-refractivity contribution in [1.82, 2.24) is 10.3 Å². The molecule has 1 aromatic heterocycles. The number of carboxylic acid groups (broad SMARTS) is 1. The van der Waals surface area contributed by atoms with Crippen LogP contribution in [-0.4, -0.2) is 42.3 Å². The second-order valence-electron chi connectivity index (χ2n) is 8.72. The number of aromatic nitrogens is 1. The Hall–Kier alpha value is -5.36. The average Bonchev–Trinajstić information content (AvgIpc) is 2.97. The van der Waals surface area contributed by atoms with Gasteiger partial charge in [-0.25, -0.2) is 13.2 Å². The molecular weight excluding hydrogens is 548 g/mol. The Morgan fingerprint density at radius 2 is 1.41 bits per heavy atom. The van der Waals surface area contributed by atoms with Crippen molar-refractivity contribution in [1.29, 1.82) is 0 Å². The highest BCUT2D eigenvalue weighted by atomic mass is 32.2. The van der Waals surface area contributed by atoms with Gasteiger partial charge >= 0.3 is 12.0 Å². The van der Waals surface area contributed by atoms with Gasteiger partial charge in [0.2, 0.25) is 0 Å². The Bertz CT molecular complexity index is 1680. The molecule has 208 valence electrons. The first-order chi connectivity index (χ1) is 19.6. The highest BCUT2D eigenvalue weighted by Crippen LogP contribution is 2.35. The van der Waals surface area contributed by atoms with Crippen LogP contribution in [0.1, 0.15) is 38.0 Å². The first kappa shape index (κ1) is 28.6. The first-order valence-corrected chi connectivity index (χ1v) is 13.7. The topological polar surface area (TPSA) is 172 Å². The third kappa shape index (κ3) is 7.19. The predicted octanol–water partition coefficient (Wildman–Crippen LogP) is 4.29. The molecule has 3 aromatic carbocycles. The third-order valence-corrected chi connectivity index (χ3v) is 8.06. The molecule has 0 radical (unpaired) electrons. The van der Waals surface area contributed by atoms with Crippen molar-refractivity contribution in [3.8, 4) is 0 Å². The summed E-state index contributed by atoms with van der Waals surface area (Å²) >= 11 is 0. The number of carboxylic acids is 1. The number of rotatable bonds is 9. The Labute approximate surface area is 235 Å². The molecule has 4 rings (SSSR count). The van der Waals surface area contributed by atoms with Gasteiger partial charge in [0.05, 0.1) is 17.0 Å². The van der Waals surface area contributed by atoms with Crippen LogP contribution in [0.4, 0.5) is 16.2 Å². The van der Waals surface area contributed by atoms with Gasteiger partial charge in [-0.1, -0.05) is 36.4 Å². The van der Waals surface area contributed by atoms with Gasteiger partial charge in [0.25, 0.3) is 11.8 Å². The van der Waals surface area contributed by atoms with Crippen LogP contribution in [0.5, 0.6) is 0 Å². The summed E-state index contributed by atoms with van der Waals surface area (Å²) in [6, 6.07) is 21.8. The number of benzene rings is 3. The number of hydrogen-bond acceptors (Lipinski definition) is 7. The quantitative estimate of drug-likeness (QED) is 0.230. The number of sulfone groups is 1. The molecule has 0 aliphatic carbocycles. The predicted molar refractivity (Wildman–Crippen MR) is 150 cm³/mol. The standard InChI is InChI=1S/C29H24N4O7S/c34-26(35)17-25(21-9-6-16-30-18-21)41(39,40)24-11-5-4-10-23(24)32-27(36)20-12-14-22(15-13-20)31-29(38)33-28(37)19-7-2-1-3-8-19/h1-16,18,25H,17H2,(H,32,36)(H,34,35)(H2,31,33,37,38). The fraction of sp³-hybridized carbons (Fsp3) is 0.0690. The zero-order chi connectivity index (χ0) is 29.4. The van der Waals surface area contributed by atoms with Gasteiger partial charge in [-0.05, 0) is 60.2 Å². The molecule has 0 aliphatic rings. The second-order valence-corrected chi connectivity index (χ2v) is 10.8. The summed E-state index contributed by atoms with van der Waals surface area (Å²) in [6.07, 6.45) is 2.04. The van der Waals surface area contributed by atoms with Gasteiger partial charge < -0.3 is 15.7 Å². The number of amides is 4. The van der Waals surface area contributed by atoms with Crippen LogP contribution in [0.2, 0.25) is 0 Å². The summed E-state index contributed by atoms with van der Waals surface area (Å²) in [4.78, 5) is 52.5. The number of pyridine rings is 1. The van der Waals surface area contributed by atoms with E-state index < -0.39 is 45.3 Å². The highest BCUT2D eigenvalue weighted by molar-refractivity contribution is 7.91.